The van der Waals surface area contributed by atoms with Gasteiger partial charge in [0.05, 0.1) is 0 Å². The molecular weight excluding hydrogens is 292 g/mol. The Kier molecular flexibility index (Phi) is 2.56. The van der Waals surface area contributed by atoms with E-state index in [9.17, 15) is 20.4 Å². The molecule has 4 rings (SSSR count). The van der Waals surface area contributed by atoms with E-state index in [4.69, 9.17) is 0 Å². The smallest absolute Gasteiger partial charge is 0.157 e. The van der Waals surface area contributed by atoms with Gasteiger partial charge in [0.2, 0.25) is 0 Å². The van der Waals surface area contributed by atoms with Crippen molar-refractivity contribution in [2.75, 3.05) is 0 Å². The molecule has 120 valence electrons. The van der Waals surface area contributed by atoms with Gasteiger partial charge in [0.25, 0.3) is 0 Å². The van der Waals surface area contributed by atoms with Gasteiger partial charge >= 0.3 is 0 Å². The lowest BCUT2D eigenvalue weighted by Gasteiger charge is -2.29. The normalized spacial score (nSPS) is 23.9. The second-order valence-corrected chi connectivity index (χ2v) is 7.53. The van der Waals surface area contributed by atoms with Crippen LogP contribution in [0.2, 0.25) is 0 Å². The van der Waals surface area contributed by atoms with Crippen LogP contribution in [0.5, 0.6) is 23.0 Å². The summed E-state index contributed by atoms with van der Waals surface area (Å²) in [6, 6.07) is 6.63. The minimum atomic E-state index is -0.287. The van der Waals surface area contributed by atoms with Crippen LogP contribution in [0.3, 0.4) is 0 Å². The molecule has 1 spiro atoms. The van der Waals surface area contributed by atoms with Crippen LogP contribution in [0.1, 0.15) is 48.9 Å². The van der Waals surface area contributed by atoms with Crippen molar-refractivity contribution in [2.45, 2.75) is 43.9 Å². The first-order valence-corrected chi connectivity index (χ1v) is 7.87. The molecule has 0 heterocycles. The molecule has 2 aromatic rings. The lowest BCUT2D eigenvalue weighted by molar-refractivity contribution is 0.390. The van der Waals surface area contributed by atoms with Crippen molar-refractivity contribution in [3.05, 3.63) is 46.5 Å². The van der Waals surface area contributed by atoms with Crippen molar-refractivity contribution in [1.29, 1.82) is 0 Å². The van der Waals surface area contributed by atoms with Gasteiger partial charge in [-0.2, -0.15) is 0 Å². The molecule has 1 atom stereocenters. The quantitative estimate of drug-likeness (QED) is 0.562. The van der Waals surface area contributed by atoms with Crippen LogP contribution in [0.25, 0.3) is 0 Å². The number of phenolic OH excluding ortho intramolecular Hbond substituents is 4. The van der Waals surface area contributed by atoms with Crippen LogP contribution in [-0.4, -0.2) is 20.4 Å². The molecule has 4 nitrogen and oxygen atoms in total. The Balaban J connectivity index is 2.01. The molecule has 23 heavy (non-hydrogen) atoms. The van der Waals surface area contributed by atoms with E-state index in [2.05, 4.69) is 13.8 Å². The lowest BCUT2D eigenvalue weighted by Crippen LogP contribution is -2.24. The van der Waals surface area contributed by atoms with Gasteiger partial charge in [0.15, 0.2) is 23.0 Å². The van der Waals surface area contributed by atoms with Gasteiger partial charge in [-0.3, -0.25) is 0 Å². The highest BCUT2D eigenvalue weighted by Gasteiger charge is 2.52. The first-order valence-electron chi connectivity index (χ1n) is 7.87. The Morgan fingerprint density at radius 1 is 0.739 bits per heavy atom. The molecule has 4 heteroatoms. The average Bonchev–Trinajstić information content (AvgIpc) is 2.90. The summed E-state index contributed by atoms with van der Waals surface area (Å²) in [6.45, 7) is 4.27. The van der Waals surface area contributed by atoms with E-state index in [1.807, 2.05) is 0 Å². The van der Waals surface area contributed by atoms with Crippen LogP contribution in [0.15, 0.2) is 24.3 Å². The number of phenols is 4. The lowest BCUT2D eigenvalue weighted by atomic mass is 9.74. The highest BCUT2D eigenvalue weighted by molar-refractivity contribution is 5.63. The Morgan fingerprint density at radius 3 is 1.91 bits per heavy atom. The maximum absolute atomic E-state index is 10.0. The Labute approximate surface area is 134 Å². The summed E-state index contributed by atoms with van der Waals surface area (Å²) in [6.07, 6.45) is 2.53. The molecule has 0 bridgehead atoms. The van der Waals surface area contributed by atoms with Crippen molar-refractivity contribution < 1.29 is 20.4 Å². The van der Waals surface area contributed by atoms with E-state index in [-0.39, 0.29) is 33.8 Å². The summed E-state index contributed by atoms with van der Waals surface area (Å²) in [5.41, 5.74) is 3.68. The third kappa shape index (κ3) is 1.72. The third-order valence-corrected chi connectivity index (χ3v) is 5.64. The first kappa shape index (κ1) is 14.2. The maximum Gasteiger partial charge on any atom is 0.157 e. The van der Waals surface area contributed by atoms with Crippen molar-refractivity contribution in [2.24, 2.45) is 0 Å². The minimum absolute atomic E-state index is 0.0909. The van der Waals surface area contributed by atoms with Crippen LogP contribution >= 0.6 is 0 Å². The van der Waals surface area contributed by atoms with E-state index in [1.54, 1.807) is 24.3 Å². The average molecular weight is 312 g/mol. The largest absolute Gasteiger partial charge is 0.504 e. The molecule has 1 unspecified atom stereocenters. The van der Waals surface area contributed by atoms with Crippen molar-refractivity contribution in [3.8, 4) is 23.0 Å². The zero-order valence-corrected chi connectivity index (χ0v) is 13.2. The van der Waals surface area contributed by atoms with E-state index in [0.29, 0.717) is 0 Å². The van der Waals surface area contributed by atoms with Gasteiger partial charge in [-0.1, -0.05) is 13.8 Å². The molecule has 0 aromatic heterocycles. The molecule has 0 saturated carbocycles. The van der Waals surface area contributed by atoms with Crippen LogP contribution in [-0.2, 0) is 17.3 Å². The summed E-state index contributed by atoms with van der Waals surface area (Å²) in [5.74, 6) is -0.413. The second kappa shape index (κ2) is 4.13. The fourth-order valence-corrected chi connectivity index (χ4v) is 4.70. The number of benzene rings is 2. The van der Waals surface area contributed by atoms with Gasteiger partial charge < -0.3 is 20.4 Å². The van der Waals surface area contributed by atoms with Crippen molar-refractivity contribution >= 4 is 0 Å². The Hall–Kier alpha value is -2.36. The number of rotatable bonds is 0. The second-order valence-electron chi connectivity index (χ2n) is 7.53. The summed E-state index contributed by atoms with van der Waals surface area (Å²) in [4.78, 5) is 0. The minimum Gasteiger partial charge on any atom is -0.504 e. The van der Waals surface area contributed by atoms with E-state index < -0.39 is 0 Å². The van der Waals surface area contributed by atoms with Crippen LogP contribution < -0.4 is 0 Å². The molecule has 0 fully saturated rings. The summed E-state index contributed by atoms with van der Waals surface area (Å²) in [5, 5.41) is 39.6. The highest BCUT2D eigenvalue weighted by Crippen LogP contribution is 2.60. The molecule has 0 radical (unpaired) electrons. The van der Waals surface area contributed by atoms with Gasteiger partial charge in [-0.25, -0.2) is 0 Å². The molecule has 4 N–H and O–H groups in total. The van der Waals surface area contributed by atoms with Gasteiger partial charge in [-0.05, 0) is 71.2 Å². The van der Waals surface area contributed by atoms with Crippen molar-refractivity contribution in [1.82, 2.24) is 0 Å². The van der Waals surface area contributed by atoms with Gasteiger partial charge in [0, 0.05) is 5.41 Å². The maximum atomic E-state index is 10.0. The molecule has 0 aliphatic heterocycles. The fraction of sp³-hybridized carbons (Fsp3) is 0.368. The molecule has 0 amide bonds. The van der Waals surface area contributed by atoms with E-state index >= 15 is 0 Å². The monoisotopic (exact) mass is 312 g/mol. The van der Waals surface area contributed by atoms with Crippen LogP contribution in [0.4, 0.5) is 0 Å². The zero-order chi connectivity index (χ0) is 16.6. The summed E-state index contributed by atoms with van der Waals surface area (Å²) < 4.78 is 0. The van der Waals surface area contributed by atoms with E-state index in [1.165, 1.54) is 0 Å². The molecule has 2 aliphatic carbocycles. The number of hydrogen-bond donors (Lipinski definition) is 4. The molecule has 2 aromatic carbocycles. The Bertz CT molecular complexity index is 838. The van der Waals surface area contributed by atoms with Crippen molar-refractivity contribution in [3.63, 3.8) is 0 Å². The predicted octanol–water partition coefficient (Wildman–Crippen LogP) is 3.42. The number of hydrogen-bond acceptors (Lipinski definition) is 4. The van der Waals surface area contributed by atoms with Gasteiger partial charge in [0.1, 0.15) is 0 Å². The summed E-state index contributed by atoms with van der Waals surface area (Å²) in [7, 11) is 0. The predicted molar refractivity (Wildman–Crippen MR) is 86.3 cm³/mol. The zero-order valence-electron chi connectivity index (χ0n) is 13.2. The number of fused-ring (bicyclic) bond motifs is 4. The Morgan fingerprint density at radius 2 is 1.26 bits per heavy atom. The number of aryl methyl sites for hydroxylation is 1. The molecule has 0 saturated heterocycles. The topological polar surface area (TPSA) is 80.9 Å². The molecular formula is C19H20O4. The number of aromatic hydroxyl groups is 4. The van der Waals surface area contributed by atoms with Crippen LogP contribution in [0, 0.1) is 0 Å². The first-order chi connectivity index (χ1) is 10.7. The van der Waals surface area contributed by atoms with Gasteiger partial charge in [-0.15, -0.1) is 0 Å². The van der Waals surface area contributed by atoms with E-state index in [0.717, 1.165) is 41.5 Å². The fourth-order valence-electron chi connectivity index (χ4n) is 4.70. The third-order valence-electron chi connectivity index (χ3n) is 5.64. The highest BCUT2D eigenvalue weighted by atomic mass is 16.3. The standard InChI is InChI=1S/C19H20O4/c1-18(2)9-19(13-8-17(23)16(22)7-12(13)18)4-3-10-5-14(20)15(21)6-11(10)19/h5-8,20-23H,3-4,9H2,1-2H3. The molecule has 2 aliphatic rings. The summed E-state index contributed by atoms with van der Waals surface area (Å²) >= 11 is 0. The SMILES string of the molecule is CC1(C)CC2(CCc3cc(O)c(O)cc32)c2cc(O)c(O)cc21.